The summed E-state index contributed by atoms with van der Waals surface area (Å²) in [5, 5.41) is 80.7. The summed E-state index contributed by atoms with van der Waals surface area (Å²) in [6, 6.07) is 16.0. The van der Waals surface area contributed by atoms with E-state index in [1.165, 1.54) is 19.4 Å². The Morgan fingerprint density at radius 2 is 1.33 bits per heavy atom. The summed E-state index contributed by atoms with van der Waals surface area (Å²) < 4.78 is 57.7. The maximum absolute atomic E-state index is 13.8. The second kappa shape index (κ2) is 21.2. The van der Waals surface area contributed by atoms with Crippen LogP contribution in [0, 0.1) is 46.3 Å². The highest BCUT2D eigenvalue weighted by atomic mass is 16.8. The topological polar surface area (TPSA) is 254 Å². The Bertz CT molecular complexity index is 2480. The van der Waals surface area contributed by atoms with E-state index in [9.17, 15) is 40.5 Å². The molecule has 78 heavy (non-hydrogen) atoms. The van der Waals surface area contributed by atoms with Gasteiger partial charge in [0, 0.05) is 24.8 Å². The maximum Gasteiger partial charge on any atom is 0.407 e. The van der Waals surface area contributed by atoms with Crippen LogP contribution < -0.4 is 5.32 Å². The Labute approximate surface area is 457 Å². The van der Waals surface area contributed by atoms with Crippen molar-refractivity contribution in [1.29, 1.82) is 0 Å². The molecule has 0 radical (unpaired) electrons. The lowest BCUT2D eigenvalue weighted by Crippen LogP contribution is -2.67. The van der Waals surface area contributed by atoms with Gasteiger partial charge >= 0.3 is 6.09 Å². The van der Waals surface area contributed by atoms with Crippen LogP contribution in [0.3, 0.4) is 0 Å². The van der Waals surface area contributed by atoms with Gasteiger partial charge in [0.25, 0.3) is 0 Å². The van der Waals surface area contributed by atoms with Crippen LogP contribution in [-0.4, -0.2) is 172 Å². The lowest BCUT2D eigenvalue weighted by molar-refractivity contribution is -0.386. The first-order valence-corrected chi connectivity index (χ1v) is 29.1. The molecule has 2 aromatic carbocycles. The first-order valence-electron chi connectivity index (χ1n) is 29.1. The molecule has 5 aliphatic heterocycles. The second-order valence-corrected chi connectivity index (χ2v) is 25.6. The van der Waals surface area contributed by atoms with Crippen LogP contribution >= 0.6 is 0 Å². The number of carbonyl (C=O) groups excluding carboxylic acids is 1. The van der Waals surface area contributed by atoms with Crippen LogP contribution in [0.4, 0.5) is 4.79 Å². The molecule has 12 rings (SSSR count). The van der Waals surface area contributed by atoms with Gasteiger partial charge in [-0.25, -0.2) is 4.79 Å². The molecule has 10 aliphatic rings. The molecular formula is C60H83NO17. The van der Waals surface area contributed by atoms with Gasteiger partial charge in [0.05, 0.1) is 31.0 Å². The van der Waals surface area contributed by atoms with Crippen LogP contribution in [0.15, 0.2) is 60.2 Å². The van der Waals surface area contributed by atoms with Gasteiger partial charge in [-0.15, -0.1) is 0 Å². The van der Waals surface area contributed by atoms with Crippen LogP contribution in [0.5, 0.6) is 0 Å². The van der Waals surface area contributed by atoms with Crippen molar-refractivity contribution in [1.82, 2.24) is 5.32 Å². The highest BCUT2D eigenvalue weighted by Gasteiger charge is 2.69. The summed E-state index contributed by atoms with van der Waals surface area (Å²) in [5.41, 5.74) is 5.63. The number of aliphatic hydroxyl groups excluding tert-OH is 7. The van der Waals surface area contributed by atoms with Crippen molar-refractivity contribution in [2.45, 2.75) is 215 Å². The van der Waals surface area contributed by atoms with E-state index in [1.807, 2.05) is 48.5 Å². The van der Waals surface area contributed by atoms with E-state index in [-0.39, 0.29) is 36.0 Å². The molecule has 2 aromatic rings. The highest BCUT2D eigenvalue weighted by molar-refractivity contribution is 5.79. The van der Waals surface area contributed by atoms with Crippen molar-refractivity contribution in [3.63, 3.8) is 0 Å². The summed E-state index contributed by atoms with van der Waals surface area (Å²) >= 11 is 0. The molecular weight excluding hydrogens is 1010 g/mol. The summed E-state index contributed by atoms with van der Waals surface area (Å²) in [5.74, 6) is 2.21. The lowest BCUT2D eigenvalue weighted by atomic mass is 9.47. The van der Waals surface area contributed by atoms with Crippen molar-refractivity contribution in [3.8, 4) is 11.1 Å². The monoisotopic (exact) mass is 1090 g/mol. The molecule has 18 nitrogen and oxygen atoms in total. The van der Waals surface area contributed by atoms with E-state index in [0.29, 0.717) is 48.3 Å². The Hall–Kier alpha value is -3.15. The summed E-state index contributed by atoms with van der Waals surface area (Å²) in [4.78, 5) is 13.8. The first-order chi connectivity index (χ1) is 37.3. The largest absolute Gasteiger partial charge is 0.449 e. The van der Waals surface area contributed by atoms with Gasteiger partial charge in [-0.05, 0) is 128 Å². The lowest BCUT2D eigenvalue weighted by Gasteiger charge is -2.59. The summed E-state index contributed by atoms with van der Waals surface area (Å²) in [6.07, 6.45) is -12.4. The number of ether oxygens (including phenoxy) is 9. The smallest absolute Gasteiger partial charge is 0.407 e. The first kappa shape index (κ1) is 55.4. The standard InChI is InChI=1S/C60H83NO17/c1-28-17-22-60(71-26-28)29(2)44-42(78-60)24-41-38-16-15-32-23-33(18-20-58(32,5)40(38)19-21-59(41,44)6)74-56-53(77-55-50(67)48(65)46(63)31(4)73-55)51(68)52(76-54-49(66)47(64)45(62)30(3)72-54)43(75-56)25-61-57(69)70-27-39-36-13-9-7-11-34(36)35-12-8-10-14-37(35)39/h7-15,28-31,33,38-56,62-68H,16-27H2,1-6H3,(H,61,69)/t28-,29-,30+,31+,33-,38+,40-,41?,42-,43+,44-,45+,46+,47-,48-,49-,50-,51-,52+,53+,54+,55+,56+,58-,59-,60+/m0/s1. The fraction of sp³-hybridized carbons (Fsp3) is 0.750. The van der Waals surface area contributed by atoms with E-state index < -0.39 is 110 Å². The van der Waals surface area contributed by atoms with Crippen molar-refractivity contribution in [2.75, 3.05) is 19.8 Å². The molecule has 1 spiro atoms. The van der Waals surface area contributed by atoms with E-state index in [1.54, 1.807) is 0 Å². The van der Waals surface area contributed by atoms with E-state index in [2.05, 4.69) is 39.1 Å². The van der Waals surface area contributed by atoms with Crippen molar-refractivity contribution in [2.24, 2.45) is 46.3 Å². The number of rotatable bonds is 10. The van der Waals surface area contributed by atoms with Gasteiger partial charge in [-0.3, -0.25) is 0 Å². The predicted octanol–water partition coefficient (Wildman–Crippen LogP) is 4.79. The number of carbonyl (C=O) groups is 1. The molecule has 1 amide bonds. The number of benzene rings is 2. The quantitative estimate of drug-likeness (QED) is 0.149. The van der Waals surface area contributed by atoms with Crippen LogP contribution in [0.2, 0.25) is 0 Å². The van der Waals surface area contributed by atoms with Crippen molar-refractivity contribution >= 4 is 6.09 Å². The minimum absolute atomic E-state index is 0.0284. The van der Waals surface area contributed by atoms with Gasteiger partial charge in [0.2, 0.25) is 0 Å². The summed E-state index contributed by atoms with van der Waals surface area (Å²) in [7, 11) is 0. The highest BCUT2D eigenvalue weighted by Crippen LogP contribution is 2.71. The van der Waals surface area contributed by atoms with E-state index in [0.717, 1.165) is 73.8 Å². The molecule has 3 saturated carbocycles. The third-order valence-electron chi connectivity index (χ3n) is 21.3. The van der Waals surface area contributed by atoms with Crippen LogP contribution in [-0.2, 0) is 42.6 Å². The Kier molecular flexibility index (Phi) is 15.1. The fourth-order valence-corrected chi connectivity index (χ4v) is 16.8. The zero-order valence-electron chi connectivity index (χ0n) is 45.8. The normalized spacial score (nSPS) is 48.7. The number of aliphatic hydroxyl groups is 7. The molecule has 5 aliphatic carbocycles. The molecule has 8 fully saturated rings. The SMILES string of the molecule is C[C@H]1CC[C@@]2(OC1)O[C@H]1CC3[C@@H]4CC=C5C[C@@H](O[C@@H]6O[C@H](CNC(=O)OCC7c8ccccc8-c8ccccc87)[C@@H](O[C@H]7O[C@H](C)[C@@H](O)[C@H](O)[C@@H]7O)[C@H](O)[C@H]6O[C@H]6O[C@H](C)[C@@H](O)[C@H](O)[C@@H]6O)CC[C@]5(C)[C@H]4CC[C@]3(C)[C@H]1[C@@H]2C. The summed E-state index contributed by atoms with van der Waals surface area (Å²) in [6.45, 7) is 13.1. The number of allylic oxidation sites excluding steroid dienone is 1. The molecule has 0 bridgehead atoms. The second-order valence-electron chi connectivity index (χ2n) is 25.6. The third kappa shape index (κ3) is 9.32. The molecule has 430 valence electrons. The number of amides is 1. The number of fused-ring (bicyclic) bond motifs is 10. The van der Waals surface area contributed by atoms with Gasteiger partial charge in [0.15, 0.2) is 24.7 Å². The number of nitrogens with one attached hydrogen (secondary N) is 1. The van der Waals surface area contributed by atoms with E-state index in [4.69, 9.17) is 42.6 Å². The zero-order chi connectivity index (χ0) is 54.7. The minimum Gasteiger partial charge on any atom is -0.449 e. The number of hydrogen-bond acceptors (Lipinski definition) is 17. The number of hydrogen-bond donors (Lipinski definition) is 8. The Balaban J connectivity index is 0.787. The molecule has 26 atom stereocenters. The average Bonchev–Trinajstić information content (AvgIpc) is 4.00. The predicted molar refractivity (Wildman–Crippen MR) is 279 cm³/mol. The molecule has 5 heterocycles. The number of alkyl carbamates (subject to hydrolysis) is 1. The molecule has 18 heteroatoms. The molecule has 8 N–H and O–H groups in total. The molecule has 5 saturated heterocycles. The average molecular weight is 1090 g/mol. The van der Waals surface area contributed by atoms with Gasteiger partial charge in [0.1, 0.15) is 67.6 Å². The van der Waals surface area contributed by atoms with Crippen LogP contribution in [0.1, 0.15) is 116 Å². The zero-order valence-corrected chi connectivity index (χ0v) is 45.8. The van der Waals surface area contributed by atoms with E-state index >= 15 is 0 Å². The Morgan fingerprint density at radius 3 is 1.97 bits per heavy atom. The third-order valence-corrected chi connectivity index (χ3v) is 21.3. The van der Waals surface area contributed by atoms with Crippen molar-refractivity contribution < 1.29 is 83.2 Å². The van der Waals surface area contributed by atoms with Gasteiger partial charge < -0.3 is 83.7 Å². The van der Waals surface area contributed by atoms with Gasteiger partial charge in [-0.2, -0.15) is 0 Å². The van der Waals surface area contributed by atoms with Crippen LogP contribution in [0.25, 0.3) is 11.1 Å². The van der Waals surface area contributed by atoms with Crippen molar-refractivity contribution in [3.05, 3.63) is 71.3 Å². The Morgan fingerprint density at radius 1 is 0.692 bits per heavy atom. The molecule has 0 aromatic heterocycles. The maximum atomic E-state index is 13.8. The minimum atomic E-state index is -1.77. The molecule has 1 unspecified atom stereocenters. The fourth-order valence-electron chi connectivity index (χ4n) is 16.8. The van der Waals surface area contributed by atoms with Gasteiger partial charge in [-0.1, -0.05) is 87.9 Å².